The van der Waals surface area contributed by atoms with Crippen LogP contribution in [0, 0.1) is 5.92 Å². The SMILES string of the molecule is C=C(CNC(C)(C)C)CN1CCCC(C(F)(F)F)C1. The Kier molecular flexibility index (Phi) is 5.44. The monoisotopic (exact) mass is 278 g/mol. The number of nitrogens with one attached hydrogen (secondary N) is 1. The summed E-state index contributed by atoms with van der Waals surface area (Å²) in [6.45, 7) is 12.2. The molecule has 0 aromatic rings. The van der Waals surface area contributed by atoms with E-state index in [9.17, 15) is 13.2 Å². The third-order valence-corrected chi connectivity index (χ3v) is 3.28. The Morgan fingerprint density at radius 1 is 1.32 bits per heavy atom. The van der Waals surface area contributed by atoms with Gasteiger partial charge in [0.05, 0.1) is 5.92 Å². The van der Waals surface area contributed by atoms with Gasteiger partial charge >= 0.3 is 6.18 Å². The van der Waals surface area contributed by atoms with Crippen LogP contribution < -0.4 is 5.32 Å². The van der Waals surface area contributed by atoms with Crippen LogP contribution in [0.2, 0.25) is 0 Å². The van der Waals surface area contributed by atoms with Crippen molar-refractivity contribution < 1.29 is 13.2 Å². The van der Waals surface area contributed by atoms with Crippen LogP contribution in [0.5, 0.6) is 0 Å². The lowest BCUT2D eigenvalue weighted by atomic mass is 9.97. The number of hydrogen-bond acceptors (Lipinski definition) is 2. The van der Waals surface area contributed by atoms with Gasteiger partial charge in [0.2, 0.25) is 0 Å². The average Bonchev–Trinajstić information content (AvgIpc) is 2.25. The molecule has 0 saturated carbocycles. The molecular weight excluding hydrogens is 253 g/mol. The Labute approximate surface area is 114 Å². The van der Waals surface area contributed by atoms with Crippen LogP contribution in [-0.2, 0) is 0 Å². The van der Waals surface area contributed by atoms with E-state index in [0.717, 1.165) is 12.1 Å². The Bertz CT molecular complexity index is 305. The molecule has 1 aliphatic heterocycles. The Hall–Kier alpha value is -0.550. The van der Waals surface area contributed by atoms with Gasteiger partial charge in [-0.1, -0.05) is 6.58 Å². The molecule has 1 heterocycles. The van der Waals surface area contributed by atoms with Gasteiger partial charge in [0.25, 0.3) is 0 Å². The predicted molar refractivity (Wildman–Crippen MR) is 72.1 cm³/mol. The maximum Gasteiger partial charge on any atom is 0.393 e. The zero-order valence-corrected chi connectivity index (χ0v) is 12.1. The fourth-order valence-corrected chi connectivity index (χ4v) is 2.23. The second-order valence-electron chi connectivity index (χ2n) is 6.47. The quantitative estimate of drug-likeness (QED) is 0.794. The van der Waals surface area contributed by atoms with Crippen LogP contribution in [0.3, 0.4) is 0 Å². The number of likely N-dealkylation sites (tertiary alicyclic amines) is 1. The molecule has 0 spiro atoms. The van der Waals surface area contributed by atoms with Gasteiger partial charge in [-0.15, -0.1) is 0 Å². The third-order valence-electron chi connectivity index (χ3n) is 3.28. The van der Waals surface area contributed by atoms with Gasteiger partial charge in [0.1, 0.15) is 0 Å². The van der Waals surface area contributed by atoms with Gasteiger partial charge in [-0.25, -0.2) is 0 Å². The highest BCUT2D eigenvalue weighted by Gasteiger charge is 2.41. The summed E-state index contributed by atoms with van der Waals surface area (Å²) < 4.78 is 38.1. The van der Waals surface area contributed by atoms with Crippen LogP contribution in [0.15, 0.2) is 12.2 Å². The van der Waals surface area contributed by atoms with Crippen molar-refractivity contribution in [2.75, 3.05) is 26.2 Å². The second kappa shape index (κ2) is 6.27. The first-order valence-electron chi connectivity index (χ1n) is 6.79. The summed E-state index contributed by atoms with van der Waals surface area (Å²) in [4.78, 5) is 1.87. The normalized spacial score (nSPS) is 22.5. The van der Waals surface area contributed by atoms with Gasteiger partial charge in [0.15, 0.2) is 0 Å². The van der Waals surface area contributed by atoms with Gasteiger partial charge in [-0.05, 0) is 45.7 Å². The highest BCUT2D eigenvalue weighted by Crippen LogP contribution is 2.33. The summed E-state index contributed by atoms with van der Waals surface area (Å²) in [5.41, 5.74) is 0.942. The summed E-state index contributed by atoms with van der Waals surface area (Å²) in [5, 5.41) is 3.30. The van der Waals surface area contributed by atoms with Crippen LogP contribution in [-0.4, -0.2) is 42.8 Å². The number of rotatable bonds is 4. The minimum Gasteiger partial charge on any atom is -0.308 e. The minimum atomic E-state index is -4.07. The Morgan fingerprint density at radius 3 is 2.47 bits per heavy atom. The van der Waals surface area contributed by atoms with Crippen molar-refractivity contribution in [1.82, 2.24) is 10.2 Å². The van der Waals surface area contributed by atoms with Gasteiger partial charge in [-0.3, -0.25) is 4.90 Å². The molecule has 1 fully saturated rings. The van der Waals surface area contributed by atoms with E-state index in [2.05, 4.69) is 32.7 Å². The van der Waals surface area contributed by atoms with E-state index < -0.39 is 12.1 Å². The molecule has 1 saturated heterocycles. The highest BCUT2D eigenvalue weighted by molar-refractivity contribution is 5.02. The van der Waals surface area contributed by atoms with Crippen molar-refractivity contribution in [3.05, 3.63) is 12.2 Å². The number of hydrogen-bond donors (Lipinski definition) is 1. The standard InChI is InChI=1S/C14H25F3N2/c1-11(8-18-13(2,3)4)9-19-7-5-6-12(10-19)14(15,16)17/h12,18H,1,5-10H2,2-4H3. The van der Waals surface area contributed by atoms with E-state index in [1.165, 1.54) is 0 Å². The van der Waals surface area contributed by atoms with Crippen molar-refractivity contribution in [2.45, 2.75) is 45.3 Å². The van der Waals surface area contributed by atoms with Crippen molar-refractivity contribution >= 4 is 0 Å². The van der Waals surface area contributed by atoms with E-state index >= 15 is 0 Å². The zero-order valence-electron chi connectivity index (χ0n) is 12.1. The van der Waals surface area contributed by atoms with Crippen LogP contribution in [0.25, 0.3) is 0 Å². The largest absolute Gasteiger partial charge is 0.393 e. The maximum absolute atomic E-state index is 12.7. The molecule has 19 heavy (non-hydrogen) atoms. The number of nitrogens with zero attached hydrogens (tertiary/aromatic N) is 1. The molecule has 0 radical (unpaired) electrons. The summed E-state index contributed by atoms with van der Waals surface area (Å²) in [6, 6.07) is 0. The molecule has 1 atom stereocenters. The lowest BCUT2D eigenvalue weighted by molar-refractivity contribution is -0.186. The van der Waals surface area contributed by atoms with Gasteiger partial charge in [0, 0.05) is 25.2 Å². The molecule has 0 bridgehead atoms. The molecule has 2 nitrogen and oxygen atoms in total. The first kappa shape index (κ1) is 16.5. The summed E-state index contributed by atoms with van der Waals surface area (Å²) in [7, 11) is 0. The van der Waals surface area contributed by atoms with Gasteiger partial charge < -0.3 is 5.32 Å². The van der Waals surface area contributed by atoms with Crippen molar-refractivity contribution in [3.63, 3.8) is 0 Å². The molecule has 1 unspecified atom stereocenters. The second-order valence-corrected chi connectivity index (χ2v) is 6.47. The lowest BCUT2D eigenvalue weighted by Crippen LogP contribution is -2.44. The van der Waals surface area contributed by atoms with E-state index in [1.54, 1.807) is 0 Å². The van der Waals surface area contributed by atoms with Gasteiger partial charge in [-0.2, -0.15) is 13.2 Å². The third kappa shape index (κ3) is 6.43. The van der Waals surface area contributed by atoms with Crippen molar-refractivity contribution in [3.8, 4) is 0 Å². The molecule has 112 valence electrons. The van der Waals surface area contributed by atoms with E-state index in [-0.39, 0.29) is 18.5 Å². The first-order chi connectivity index (χ1) is 8.58. The van der Waals surface area contributed by atoms with Crippen molar-refractivity contribution in [2.24, 2.45) is 5.92 Å². The molecule has 1 N–H and O–H groups in total. The fourth-order valence-electron chi connectivity index (χ4n) is 2.23. The zero-order chi connectivity index (χ0) is 14.7. The molecule has 1 aliphatic rings. The summed E-state index contributed by atoms with van der Waals surface area (Å²) in [6.07, 6.45) is -3.19. The minimum absolute atomic E-state index is 0.000652. The van der Waals surface area contributed by atoms with Crippen LogP contribution in [0.1, 0.15) is 33.6 Å². The van der Waals surface area contributed by atoms with E-state index in [4.69, 9.17) is 0 Å². The molecular formula is C14H25F3N2. The van der Waals surface area contributed by atoms with Crippen molar-refractivity contribution in [1.29, 1.82) is 0 Å². The number of halogens is 3. The Balaban J connectivity index is 2.38. The Morgan fingerprint density at radius 2 is 1.95 bits per heavy atom. The predicted octanol–water partition coefficient (Wildman–Crippen LogP) is 3.21. The number of piperidine rings is 1. The van der Waals surface area contributed by atoms with E-state index in [0.29, 0.717) is 19.5 Å². The molecule has 1 rings (SSSR count). The smallest absolute Gasteiger partial charge is 0.308 e. The average molecular weight is 278 g/mol. The summed E-state index contributed by atoms with van der Waals surface area (Å²) in [5.74, 6) is -1.18. The number of alkyl halides is 3. The lowest BCUT2D eigenvalue weighted by Gasteiger charge is -2.34. The van der Waals surface area contributed by atoms with E-state index in [1.807, 2.05) is 4.90 Å². The summed E-state index contributed by atoms with van der Waals surface area (Å²) >= 11 is 0. The van der Waals surface area contributed by atoms with Crippen LogP contribution in [0.4, 0.5) is 13.2 Å². The first-order valence-corrected chi connectivity index (χ1v) is 6.79. The highest BCUT2D eigenvalue weighted by atomic mass is 19.4. The molecule has 0 aliphatic carbocycles. The molecule has 0 aromatic heterocycles. The maximum atomic E-state index is 12.7. The topological polar surface area (TPSA) is 15.3 Å². The molecule has 5 heteroatoms. The molecule has 0 amide bonds. The fraction of sp³-hybridized carbons (Fsp3) is 0.857. The molecule has 0 aromatic carbocycles. The van der Waals surface area contributed by atoms with Crippen LogP contribution >= 0.6 is 0 Å².